The Morgan fingerprint density at radius 1 is 1.44 bits per heavy atom. The Kier molecular flexibility index (Phi) is 7.62. The predicted octanol–water partition coefficient (Wildman–Crippen LogP) is 1.34. The Labute approximate surface area is 105 Å². The van der Waals surface area contributed by atoms with Crippen molar-refractivity contribution < 1.29 is 14.6 Å². The van der Waals surface area contributed by atoms with E-state index >= 15 is 0 Å². The monoisotopic (exact) mass is 269 g/mol. The summed E-state index contributed by atoms with van der Waals surface area (Å²) in [5.41, 5.74) is 0.438. The van der Waals surface area contributed by atoms with Crippen LogP contribution < -0.4 is 5.32 Å². The van der Waals surface area contributed by atoms with Gasteiger partial charge in [-0.25, -0.2) is 4.39 Å². The maximum atomic E-state index is 13.2. The molecular formula is C10H14Cl2FNO2. The lowest BCUT2D eigenvalue weighted by molar-refractivity contribution is 0.0941. The van der Waals surface area contributed by atoms with Gasteiger partial charge in [-0.2, -0.15) is 0 Å². The summed E-state index contributed by atoms with van der Waals surface area (Å²) < 4.78 is 13.2. The van der Waals surface area contributed by atoms with Crippen molar-refractivity contribution in [2.24, 2.45) is 0 Å². The van der Waals surface area contributed by atoms with Gasteiger partial charge in [-0.3, -0.25) is 0 Å². The van der Waals surface area contributed by atoms with Crippen LogP contribution in [0.2, 0.25) is 5.02 Å². The van der Waals surface area contributed by atoms with Crippen molar-refractivity contribution in [3.63, 3.8) is 0 Å². The molecule has 3 nitrogen and oxygen atoms in total. The summed E-state index contributed by atoms with van der Waals surface area (Å²) in [6, 6.07) is 4.29. The third-order valence-corrected chi connectivity index (χ3v) is 2.15. The highest BCUT2D eigenvalue weighted by atomic mass is 35.5. The van der Waals surface area contributed by atoms with Crippen molar-refractivity contribution >= 4 is 24.0 Å². The SMILES string of the molecule is Cl.OCC(O)CNCc1cc(Cl)ccc1F. The topological polar surface area (TPSA) is 52.5 Å². The highest BCUT2D eigenvalue weighted by Crippen LogP contribution is 2.14. The summed E-state index contributed by atoms with van der Waals surface area (Å²) in [5, 5.41) is 20.9. The third-order valence-electron chi connectivity index (χ3n) is 1.91. The van der Waals surface area contributed by atoms with Crippen molar-refractivity contribution in [3.8, 4) is 0 Å². The van der Waals surface area contributed by atoms with Gasteiger partial charge in [0.15, 0.2) is 0 Å². The zero-order chi connectivity index (χ0) is 11.3. The summed E-state index contributed by atoms with van der Waals surface area (Å²) in [5.74, 6) is -0.342. The minimum absolute atomic E-state index is 0. The second kappa shape index (κ2) is 7.81. The molecule has 0 aliphatic heterocycles. The Bertz CT molecular complexity index is 326. The summed E-state index contributed by atoms with van der Waals surface area (Å²) in [6.45, 7) is 0.164. The standard InChI is InChI=1S/C10H13ClFNO2.ClH/c11-8-1-2-10(12)7(3-8)4-13-5-9(15)6-14;/h1-3,9,13-15H,4-6H2;1H. The molecule has 0 aliphatic carbocycles. The van der Waals surface area contributed by atoms with Gasteiger partial charge in [0.05, 0.1) is 12.7 Å². The maximum Gasteiger partial charge on any atom is 0.127 e. The number of rotatable bonds is 5. The minimum Gasteiger partial charge on any atom is -0.394 e. The fourth-order valence-electron chi connectivity index (χ4n) is 1.12. The number of hydrogen-bond acceptors (Lipinski definition) is 3. The molecule has 6 heteroatoms. The number of hydrogen-bond donors (Lipinski definition) is 3. The largest absolute Gasteiger partial charge is 0.394 e. The van der Waals surface area contributed by atoms with Crippen LogP contribution in [0.4, 0.5) is 4.39 Å². The number of nitrogens with one attached hydrogen (secondary N) is 1. The highest BCUT2D eigenvalue weighted by molar-refractivity contribution is 6.30. The van der Waals surface area contributed by atoms with Gasteiger partial charge in [0.1, 0.15) is 5.82 Å². The molecule has 1 aromatic carbocycles. The molecule has 0 bridgehead atoms. The minimum atomic E-state index is -0.827. The first-order valence-corrected chi connectivity index (χ1v) is 4.95. The smallest absolute Gasteiger partial charge is 0.127 e. The molecule has 3 N–H and O–H groups in total. The van der Waals surface area contributed by atoms with Crippen LogP contribution in [-0.2, 0) is 6.54 Å². The summed E-state index contributed by atoms with van der Waals surface area (Å²) in [7, 11) is 0. The van der Waals surface area contributed by atoms with E-state index in [2.05, 4.69) is 5.32 Å². The van der Waals surface area contributed by atoms with Crippen molar-refractivity contribution in [2.45, 2.75) is 12.6 Å². The molecule has 1 unspecified atom stereocenters. The van der Waals surface area contributed by atoms with Crippen LogP contribution in [0.5, 0.6) is 0 Å². The summed E-state index contributed by atoms with van der Waals surface area (Å²) in [6.07, 6.45) is -0.827. The predicted molar refractivity (Wildman–Crippen MR) is 63.5 cm³/mol. The first-order chi connectivity index (χ1) is 7.13. The quantitative estimate of drug-likeness (QED) is 0.757. The molecule has 0 saturated carbocycles. The Hall–Kier alpha value is -0.390. The molecule has 0 heterocycles. The normalized spacial score (nSPS) is 12.0. The molecule has 0 amide bonds. The lowest BCUT2D eigenvalue weighted by atomic mass is 10.2. The van der Waals surface area contributed by atoms with Crippen LogP contribution in [0, 0.1) is 5.82 Å². The van der Waals surface area contributed by atoms with E-state index in [0.29, 0.717) is 10.6 Å². The zero-order valence-corrected chi connectivity index (χ0v) is 10.1. The lowest BCUT2D eigenvalue weighted by Gasteiger charge is -2.09. The molecule has 0 saturated heterocycles. The van der Waals surface area contributed by atoms with E-state index in [0.717, 1.165) is 0 Å². The lowest BCUT2D eigenvalue weighted by Crippen LogP contribution is -2.29. The Morgan fingerprint density at radius 3 is 2.75 bits per heavy atom. The number of benzene rings is 1. The van der Waals surface area contributed by atoms with Gasteiger partial charge in [0.25, 0.3) is 0 Å². The van der Waals surface area contributed by atoms with Crippen molar-refractivity contribution in [2.75, 3.05) is 13.2 Å². The van der Waals surface area contributed by atoms with Crippen LogP contribution in [-0.4, -0.2) is 29.5 Å². The van der Waals surface area contributed by atoms with Crippen LogP contribution in [0.25, 0.3) is 0 Å². The molecule has 0 aliphatic rings. The molecule has 1 aromatic rings. The van der Waals surface area contributed by atoms with E-state index in [-0.39, 0.29) is 37.9 Å². The molecular weight excluding hydrogens is 256 g/mol. The Balaban J connectivity index is 0.00000225. The van der Waals surface area contributed by atoms with Gasteiger partial charge in [0, 0.05) is 23.7 Å². The van der Waals surface area contributed by atoms with E-state index in [9.17, 15) is 4.39 Å². The van der Waals surface area contributed by atoms with E-state index in [4.69, 9.17) is 21.8 Å². The van der Waals surface area contributed by atoms with Gasteiger partial charge >= 0.3 is 0 Å². The van der Waals surface area contributed by atoms with E-state index in [1.807, 2.05) is 0 Å². The van der Waals surface area contributed by atoms with Gasteiger partial charge in [-0.05, 0) is 18.2 Å². The zero-order valence-electron chi connectivity index (χ0n) is 8.49. The number of halogens is 3. The number of aliphatic hydroxyl groups is 2. The van der Waals surface area contributed by atoms with Crippen molar-refractivity contribution in [1.29, 1.82) is 0 Å². The molecule has 0 radical (unpaired) electrons. The molecule has 92 valence electrons. The second-order valence-corrected chi connectivity index (χ2v) is 3.64. The molecule has 0 fully saturated rings. The number of aliphatic hydroxyl groups excluding tert-OH is 2. The van der Waals surface area contributed by atoms with Gasteiger partial charge in [-0.15, -0.1) is 12.4 Å². The summed E-state index contributed by atoms with van der Waals surface area (Å²) in [4.78, 5) is 0. The van der Waals surface area contributed by atoms with Gasteiger partial charge in [0.2, 0.25) is 0 Å². The van der Waals surface area contributed by atoms with Crippen molar-refractivity contribution in [3.05, 3.63) is 34.6 Å². The Morgan fingerprint density at radius 2 is 2.12 bits per heavy atom. The first-order valence-electron chi connectivity index (χ1n) is 4.57. The van der Waals surface area contributed by atoms with Gasteiger partial charge < -0.3 is 15.5 Å². The molecule has 0 aromatic heterocycles. The molecule has 16 heavy (non-hydrogen) atoms. The second-order valence-electron chi connectivity index (χ2n) is 3.20. The van der Waals surface area contributed by atoms with E-state index in [1.54, 1.807) is 0 Å². The summed E-state index contributed by atoms with van der Waals surface area (Å²) >= 11 is 5.70. The third kappa shape index (κ3) is 5.09. The molecule has 0 spiro atoms. The maximum absolute atomic E-state index is 13.2. The van der Waals surface area contributed by atoms with Crippen LogP contribution >= 0.6 is 24.0 Å². The van der Waals surface area contributed by atoms with E-state index in [1.165, 1.54) is 18.2 Å². The van der Waals surface area contributed by atoms with E-state index < -0.39 is 6.10 Å². The van der Waals surface area contributed by atoms with Crippen molar-refractivity contribution in [1.82, 2.24) is 5.32 Å². The fraction of sp³-hybridized carbons (Fsp3) is 0.400. The van der Waals surface area contributed by atoms with Gasteiger partial charge in [-0.1, -0.05) is 11.6 Å². The molecule has 1 atom stereocenters. The fourth-order valence-corrected chi connectivity index (χ4v) is 1.31. The van der Waals surface area contributed by atoms with Crippen LogP contribution in [0.1, 0.15) is 5.56 Å². The average Bonchev–Trinajstić information content (AvgIpc) is 2.23. The first kappa shape index (κ1) is 15.6. The highest BCUT2D eigenvalue weighted by Gasteiger charge is 2.04. The van der Waals surface area contributed by atoms with Crippen LogP contribution in [0.15, 0.2) is 18.2 Å². The van der Waals surface area contributed by atoms with Crippen LogP contribution in [0.3, 0.4) is 0 Å². The molecule has 1 rings (SSSR count). The average molecular weight is 270 g/mol.